The number of ether oxygens (including phenoxy) is 1. The van der Waals surface area contributed by atoms with Crippen molar-refractivity contribution in [3.8, 4) is 0 Å². The Balaban J connectivity index is 2.50. The van der Waals surface area contributed by atoms with E-state index in [1.54, 1.807) is 20.8 Å². The maximum absolute atomic E-state index is 12.1. The van der Waals surface area contributed by atoms with E-state index in [9.17, 15) is 22.8 Å². The molecule has 0 unspecified atom stereocenters. The van der Waals surface area contributed by atoms with E-state index in [1.165, 1.54) is 0 Å². The minimum Gasteiger partial charge on any atom is -0.460 e. The van der Waals surface area contributed by atoms with Crippen LogP contribution in [0.15, 0.2) is 0 Å². The van der Waals surface area contributed by atoms with Gasteiger partial charge in [-0.15, -0.1) is 0 Å². The summed E-state index contributed by atoms with van der Waals surface area (Å²) >= 11 is 0. The van der Waals surface area contributed by atoms with Crippen LogP contribution in [-0.2, 0) is 19.2 Å². The third-order valence-electron chi connectivity index (χ3n) is 2.18. The van der Waals surface area contributed by atoms with E-state index < -0.39 is 36.1 Å². The molecule has 8 heteroatoms. The molecule has 1 saturated heterocycles. The summed E-state index contributed by atoms with van der Waals surface area (Å²) in [4.78, 5) is 27.7. The fourth-order valence-electron chi connectivity index (χ4n) is 1.54. The molecule has 0 spiro atoms. The number of hydrogen-bond donors (Lipinski definition) is 0. The van der Waals surface area contributed by atoms with Crippen molar-refractivity contribution >= 4 is 11.9 Å². The number of rotatable bonds is 3. The number of alkyl halides is 3. The lowest BCUT2D eigenvalue weighted by atomic mass is 10.1. The Hall–Kier alpha value is -1.31. The van der Waals surface area contributed by atoms with Gasteiger partial charge in [-0.1, -0.05) is 0 Å². The van der Waals surface area contributed by atoms with Crippen molar-refractivity contribution in [1.29, 1.82) is 0 Å². The normalized spacial score (nSPS) is 20.8. The SMILES string of the molecule is CC(C)(C)OC(=O)C[C@@H]1CON(CC(F)(F)F)C1=O. The van der Waals surface area contributed by atoms with Gasteiger partial charge in [0.25, 0.3) is 5.91 Å². The highest BCUT2D eigenvalue weighted by atomic mass is 19.4. The van der Waals surface area contributed by atoms with Gasteiger partial charge in [0.2, 0.25) is 0 Å². The van der Waals surface area contributed by atoms with Crippen LogP contribution < -0.4 is 0 Å². The second-order valence-corrected chi connectivity index (χ2v) is 5.27. The molecule has 0 N–H and O–H groups in total. The largest absolute Gasteiger partial charge is 0.460 e. The smallest absolute Gasteiger partial charge is 0.408 e. The van der Waals surface area contributed by atoms with Crippen LogP contribution in [0.3, 0.4) is 0 Å². The van der Waals surface area contributed by atoms with Crippen LogP contribution in [-0.4, -0.2) is 41.9 Å². The Bertz CT molecular complexity index is 362. The lowest BCUT2D eigenvalue weighted by Gasteiger charge is -2.20. The van der Waals surface area contributed by atoms with E-state index in [0.29, 0.717) is 0 Å². The molecule has 1 aliphatic rings. The molecule has 5 nitrogen and oxygen atoms in total. The predicted molar refractivity (Wildman–Crippen MR) is 57.7 cm³/mol. The van der Waals surface area contributed by atoms with Crippen molar-refractivity contribution in [2.45, 2.75) is 39.0 Å². The first kappa shape index (κ1) is 15.7. The van der Waals surface area contributed by atoms with Crippen molar-refractivity contribution < 1.29 is 32.3 Å². The maximum atomic E-state index is 12.1. The molecule has 0 radical (unpaired) electrons. The highest BCUT2D eigenvalue weighted by Gasteiger charge is 2.41. The van der Waals surface area contributed by atoms with E-state index in [-0.39, 0.29) is 18.1 Å². The number of nitrogens with zero attached hydrogens (tertiary/aromatic N) is 1. The molecule has 0 aromatic heterocycles. The molecule has 0 saturated carbocycles. The summed E-state index contributed by atoms with van der Waals surface area (Å²) in [5, 5.41) is 0.245. The van der Waals surface area contributed by atoms with E-state index in [0.717, 1.165) is 0 Å². The van der Waals surface area contributed by atoms with Crippen molar-refractivity contribution in [2.24, 2.45) is 5.92 Å². The molecule has 19 heavy (non-hydrogen) atoms. The zero-order valence-electron chi connectivity index (χ0n) is 10.9. The minimum atomic E-state index is -4.53. The van der Waals surface area contributed by atoms with Crippen LogP contribution in [0, 0.1) is 5.92 Å². The Kier molecular flexibility index (Phi) is 4.44. The predicted octanol–water partition coefficient (Wildman–Crippen LogP) is 1.67. The van der Waals surface area contributed by atoms with E-state index in [4.69, 9.17) is 4.74 Å². The van der Waals surface area contributed by atoms with Gasteiger partial charge in [0.15, 0.2) is 0 Å². The fraction of sp³-hybridized carbons (Fsp3) is 0.818. The van der Waals surface area contributed by atoms with Gasteiger partial charge in [-0.05, 0) is 20.8 Å². The summed E-state index contributed by atoms with van der Waals surface area (Å²) in [5.74, 6) is -2.40. The molecule has 1 amide bonds. The van der Waals surface area contributed by atoms with Crippen LogP contribution >= 0.6 is 0 Å². The minimum absolute atomic E-state index is 0.242. The molecule has 110 valence electrons. The molecule has 0 bridgehead atoms. The van der Waals surface area contributed by atoms with Crippen LogP contribution in [0.25, 0.3) is 0 Å². The molecule has 1 fully saturated rings. The zero-order chi connectivity index (χ0) is 14.8. The average Bonchev–Trinajstić information content (AvgIpc) is 2.44. The van der Waals surface area contributed by atoms with Gasteiger partial charge in [0, 0.05) is 0 Å². The third-order valence-corrected chi connectivity index (χ3v) is 2.18. The van der Waals surface area contributed by atoms with Gasteiger partial charge in [0.1, 0.15) is 12.1 Å². The summed E-state index contributed by atoms with van der Waals surface area (Å²) in [6.07, 6.45) is -4.82. The van der Waals surface area contributed by atoms with Gasteiger partial charge < -0.3 is 4.74 Å². The van der Waals surface area contributed by atoms with Crippen molar-refractivity contribution in [3.63, 3.8) is 0 Å². The molecule has 1 heterocycles. The number of hydroxylamine groups is 2. The van der Waals surface area contributed by atoms with Crippen molar-refractivity contribution in [3.05, 3.63) is 0 Å². The van der Waals surface area contributed by atoms with Crippen molar-refractivity contribution in [2.75, 3.05) is 13.2 Å². The highest BCUT2D eigenvalue weighted by Crippen LogP contribution is 2.24. The van der Waals surface area contributed by atoms with Gasteiger partial charge in [-0.2, -0.15) is 13.2 Å². The summed E-state index contributed by atoms with van der Waals surface area (Å²) in [7, 11) is 0. The van der Waals surface area contributed by atoms with E-state index in [2.05, 4.69) is 4.84 Å². The standard InChI is InChI=1S/C11H16F3NO4/c1-10(2,3)19-8(16)4-7-5-18-15(9(7)17)6-11(12,13)14/h7H,4-6H2,1-3H3/t7-/m1/s1. The van der Waals surface area contributed by atoms with Gasteiger partial charge in [-0.25, -0.2) is 5.06 Å². The number of halogens is 3. The highest BCUT2D eigenvalue weighted by molar-refractivity contribution is 5.84. The molecule has 1 rings (SSSR count). The second-order valence-electron chi connectivity index (χ2n) is 5.27. The van der Waals surface area contributed by atoms with E-state index in [1.807, 2.05) is 0 Å². The first-order valence-electron chi connectivity index (χ1n) is 5.71. The molecule has 1 atom stereocenters. The molecule has 0 aliphatic carbocycles. The van der Waals surface area contributed by atoms with Crippen molar-refractivity contribution in [1.82, 2.24) is 5.06 Å². The topological polar surface area (TPSA) is 55.8 Å². The maximum Gasteiger partial charge on any atom is 0.408 e. The van der Waals surface area contributed by atoms with Crippen LogP contribution in [0.1, 0.15) is 27.2 Å². The average molecular weight is 283 g/mol. The lowest BCUT2D eigenvalue weighted by Crippen LogP contribution is -2.36. The quantitative estimate of drug-likeness (QED) is 0.739. The number of carbonyl (C=O) groups is 2. The monoisotopic (exact) mass is 283 g/mol. The fourth-order valence-corrected chi connectivity index (χ4v) is 1.54. The first-order valence-corrected chi connectivity index (χ1v) is 5.71. The van der Waals surface area contributed by atoms with E-state index >= 15 is 0 Å². The Morgan fingerprint density at radius 2 is 2.00 bits per heavy atom. The molecule has 0 aromatic rings. The van der Waals surface area contributed by atoms with Crippen LogP contribution in [0.5, 0.6) is 0 Å². The Morgan fingerprint density at radius 3 is 2.47 bits per heavy atom. The Morgan fingerprint density at radius 1 is 1.42 bits per heavy atom. The zero-order valence-corrected chi connectivity index (χ0v) is 10.9. The molecular weight excluding hydrogens is 267 g/mol. The Labute approximate surface area is 108 Å². The number of carbonyl (C=O) groups excluding carboxylic acids is 2. The summed E-state index contributed by atoms with van der Waals surface area (Å²) in [6, 6.07) is 0. The lowest BCUT2D eigenvalue weighted by molar-refractivity contribution is -0.214. The summed E-state index contributed by atoms with van der Waals surface area (Å²) in [6.45, 7) is 3.26. The summed E-state index contributed by atoms with van der Waals surface area (Å²) < 4.78 is 41.4. The number of amides is 1. The number of esters is 1. The molecule has 1 aliphatic heterocycles. The van der Waals surface area contributed by atoms with Gasteiger partial charge in [0.05, 0.1) is 18.9 Å². The van der Waals surface area contributed by atoms with Gasteiger partial charge in [-0.3, -0.25) is 14.4 Å². The van der Waals surface area contributed by atoms with Gasteiger partial charge >= 0.3 is 12.1 Å². The number of hydrogen-bond acceptors (Lipinski definition) is 4. The first-order chi connectivity index (χ1) is 8.48. The molecular formula is C11H16F3NO4. The summed E-state index contributed by atoms with van der Waals surface area (Å²) in [5.41, 5.74) is -0.703. The third kappa shape index (κ3) is 5.46. The van der Waals surface area contributed by atoms with Crippen LogP contribution in [0.2, 0.25) is 0 Å². The van der Waals surface area contributed by atoms with Crippen LogP contribution in [0.4, 0.5) is 13.2 Å². The second kappa shape index (κ2) is 5.36. The molecule has 0 aromatic carbocycles.